The van der Waals surface area contributed by atoms with Crippen LogP contribution >= 0.6 is 0 Å². The number of carbonyl (C=O) groups excluding carboxylic acids is 1. The van der Waals surface area contributed by atoms with Crippen molar-refractivity contribution in [3.63, 3.8) is 0 Å². The summed E-state index contributed by atoms with van der Waals surface area (Å²) < 4.78 is 10.8. The molecule has 0 saturated carbocycles. The van der Waals surface area contributed by atoms with Gasteiger partial charge in [-0.2, -0.15) is 0 Å². The molecular formula is C16H19N3O3. The molecule has 6 heteroatoms. The first-order chi connectivity index (χ1) is 10.8. The third-order valence-electron chi connectivity index (χ3n) is 2.78. The summed E-state index contributed by atoms with van der Waals surface area (Å²) in [7, 11) is 0. The van der Waals surface area contributed by atoms with Gasteiger partial charge in [0.25, 0.3) is 0 Å². The van der Waals surface area contributed by atoms with Gasteiger partial charge in [0.05, 0.1) is 6.61 Å². The molecule has 0 aliphatic rings. The van der Waals surface area contributed by atoms with E-state index in [1.54, 1.807) is 24.5 Å². The quantitative estimate of drug-likeness (QED) is 0.770. The van der Waals surface area contributed by atoms with Gasteiger partial charge in [-0.25, -0.2) is 4.79 Å². The highest BCUT2D eigenvalue weighted by Crippen LogP contribution is 2.17. The minimum absolute atomic E-state index is 0.0901. The Bertz CT molecular complexity index is 573. The first kappa shape index (κ1) is 15.6. The number of benzene rings is 1. The largest absolute Gasteiger partial charge is 0.494 e. The predicted molar refractivity (Wildman–Crippen MR) is 82.7 cm³/mol. The molecular weight excluding hydrogens is 282 g/mol. The number of aromatic nitrogens is 1. The normalized spacial score (nSPS) is 9.86. The van der Waals surface area contributed by atoms with Gasteiger partial charge in [0.1, 0.15) is 11.5 Å². The van der Waals surface area contributed by atoms with E-state index >= 15 is 0 Å². The molecule has 0 fully saturated rings. The number of nitrogens with one attached hydrogen (secondary N) is 2. The molecule has 0 saturated heterocycles. The van der Waals surface area contributed by atoms with Gasteiger partial charge in [0.2, 0.25) is 0 Å². The van der Waals surface area contributed by atoms with E-state index in [1.807, 2.05) is 31.2 Å². The van der Waals surface area contributed by atoms with Crippen molar-refractivity contribution in [3.8, 4) is 11.5 Å². The number of nitrogens with zero attached hydrogens (tertiary/aromatic N) is 1. The number of ether oxygens (including phenoxy) is 2. The molecule has 1 aromatic heterocycles. The Kier molecular flexibility index (Phi) is 6.04. The van der Waals surface area contributed by atoms with Gasteiger partial charge in [0.15, 0.2) is 6.73 Å². The lowest BCUT2D eigenvalue weighted by Gasteiger charge is -2.10. The van der Waals surface area contributed by atoms with Crippen LogP contribution < -0.4 is 20.1 Å². The van der Waals surface area contributed by atoms with Crippen molar-refractivity contribution in [3.05, 3.63) is 54.4 Å². The first-order valence-corrected chi connectivity index (χ1v) is 7.04. The Hall–Kier alpha value is -2.76. The lowest BCUT2D eigenvalue weighted by molar-refractivity contribution is 0.223. The Balaban J connectivity index is 1.66. The van der Waals surface area contributed by atoms with Crippen molar-refractivity contribution in [2.24, 2.45) is 0 Å². The zero-order chi connectivity index (χ0) is 15.6. The highest BCUT2D eigenvalue weighted by molar-refractivity contribution is 5.73. The van der Waals surface area contributed by atoms with Crippen LogP contribution in [0.15, 0.2) is 48.8 Å². The summed E-state index contributed by atoms with van der Waals surface area (Å²) in [4.78, 5) is 15.6. The van der Waals surface area contributed by atoms with Crippen LogP contribution in [0, 0.1) is 0 Å². The van der Waals surface area contributed by atoms with E-state index in [0.29, 0.717) is 18.9 Å². The summed E-state index contributed by atoms with van der Waals surface area (Å²) in [5.74, 6) is 1.45. The molecule has 1 aromatic carbocycles. The van der Waals surface area contributed by atoms with Gasteiger partial charge in [-0.3, -0.25) is 4.98 Å². The van der Waals surface area contributed by atoms with Crippen LogP contribution in [0.4, 0.5) is 4.79 Å². The summed E-state index contributed by atoms with van der Waals surface area (Å²) in [6, 6.07) is 10.6. The second-order valence-corrected chi connectivity index (χ2v) is 4.41. The molecule has 1 heterocycles. The van der Waals surface area contributed by atoms with Crippen LogP contribution in [0.3, 0.4) is 0 Å². The van der Waals surface area contributed by atoms with Gasteiger partial charge in [-0.15, -0.1) is 0 Å². The maximum absolute atomic E-state index is 11.6. The number of amides is 2. The molecule has 0 unspecified atom stereocenters. The second-order valence-electron chi connectivity index (χ2n) is 4.41. The summed E-state index contributed by atoms with van der Waals surface area (Å²) in [6.07, 6.45) is 3.39. The molecule has 6 nitrogen and oxygen atoms in total. The first-order valence-electron chi connectivity index (χ1n) is 7.04. The molecule has 2 N–H and O–H groups in total. The Morgan fingerprint density at radius 2 is 1.82 bits per heavy atom. The van der Waals surface area contributed by atoms with Crippen LogP contribution in [0.1, 0.15) is 12.5 Å². The maximum Gasteiger partial charge on any atom is 0.317 e. The Morgan fingerprint density at radius 3 is 2.45 bits per heavy atom. The summed E-state index contributed by atoms with van der Waals surface area (Å²) in [5.41, 5.74) is 0.935. The van der Waals surface area contributed by atoms with E-state index in [9.17, 15) is 4.79 Å². The van der Waals surface area contributed by atoms with Crippen molar-refractivity contribution in [1.29, 1.82) is 0 Å². The number of hydrogen-bond acceptors (Lipinski definition) is 4. The van der Waals surface area contributed by atoms with Crippen molar-refractivity contribution >= 4 is 6.03 Å². The average Bonchev–Trinajstić information content (AvgIpc) is 2.56. The summed E-state index contributed by atoms with van der Waals surface area (Å²) >= 11 is 0. The maximum atomic E-state index is 11.6. The lowest BCUT2D eigenvalue weighted by atomic mass is 10.3. The van der Waals surface area contributed by atoms with Crippen LogP contribution in [-0.4, -0.2) is 24.4 Å². The smallest absolute Gasteiger partial charge is 0.317 e. The van der Waals surface area contributed by atoms with Gasteiger partial charge in [-0.1, -0.05) is 6.07 Å². The average molecular weight is 301 g/mol. The van der Waals surface area contributed by atoms with Crippen LogP contribution in [0.5, 0.6) is 11.5 Å². The van der Waals surface area contributed by atoms with Crippen molar-refractivity contribution in [1.82, 2.24) is 15.6 Å². The van der Waals surface area contributed by atoms with E-state index < -0.39 is 0 Å². The van der Waals surface area contributed by atoms with Crippen LogP contribution in [0.25, 0.3) is 0 Å². The van der Waals surface area contributed by atoms with Gasteiger partial charge in [0, 0.05) is 18.9 Å². The highest BCUT2D eigenvalue weighted by Gasteiger charge is 2.01. The number of pyridine rings is 1. The van der Waals surface area contributed by atoms with E-state index in [0.717, 1.165) is 11.3 Å². The molecule has 0 atom stereocenters. The fourth-order valence-corrected chi connectivity index (χ4v) is 1.73. The molecule has 2 rings (SSSR count). The van der Waals surface area contributed by atoms with Crippen LogP contribution in [-0.2, 0) is 6.54 Å². The monoisotopic (exact) mass is 301 g/mol. The minimum Gasteiger partial charge on any atom is -0.494 e. The fourth-order valence-electron chi connectivity index (χ4n) is 1.73. The zero-order valence-electron chi connectivity index (χ0n) is 12.4. The molecule has 0 spiro atoms. The molecule has 0 radical (unpaired) electrons. The summed E-state index contributed by atoms with van der Waals surface area (Å²) in [5, 5.41) is 5.34. The molecule has 2 aromatic rings. The van der Waals surface area contributed by atoms with Gasteiger partial charge < -0.3 is 20.1 Å². The fraction of sp³-hybridized carbons (Fsp3) is 0.250. The zero-order valence-corrected chi connectivity index (χ0v) is 12.4. The van der Waals surface area contributed by atoms with Gasteiger partial charge in [-0.05, 0) is 42.8 Å². The Morgan fingerprint density at radius 1 is 1.09 bits per heavy atom. The van der Waals surface area contributed by atoms with E-state index in [4.69, 9.17) is 9.47 Å². The van der Waals surface area contributed by atoms with Crippen molar-refractivity contribution < 1.29 is 14.3 Å². The number of hydrogen-bond donors (Lipinski definition) is 2. The standard InChI is InChI=1S/C16H19N3O3/c1-2-21-14-5-7-15(8-6-14)22-12-19-16(20)18-11-13-4-3-9-17-10-13/h3-10H,2,11-12H2,1H3,(H2,18,19,20). The molecule has 0 aliphatic carbocycles. The minimum atomic E-state index is -0.296. The van der Waals surface area contributed by atoms with Gasteiger partial charge >= 0.3 is 6.03 Å². The third kappa shape index (κ3) is 5.32. The molecule has 2 amide bonds. The summed E-state index contributed by atoms with van der Waals surface area (Å²) in [6.45, 7) is 3.06. The third-order valence-corrected chi connectivity index (χ3v) is 2.78. The van der Waals surface area contributed by atoms with Crippen molar-refractivity contribution in [2.75, 3.05) is 13.3 Å². The van der Waals surface area contributed by atoms with E-state index in [2.05, 4.69) is 15.6 Å². The molecule has 116 valence electrons. The lowest BCUT2D eigenvalue weighted by Crippen LogP contribution is -2.37. The SMILES string of the molecule is CCOc1ccc(OCNC(=O)NCc2cccnc2)cc1. The molecule has 0 aliphatic heterocycles. The van der Waals surface area contributed by atoms with Crippen LogP contribution in [0.2, 0.25) is 0 Å². The highest BCUT2D eigenvalue weighted by atomic mass is 16.5. The second kappa shape index (κ2) is 8.51. The predicted octanol–water partition coefficient (Wildman–Crippen LogP) is 2.32. The van der Waals surface area contributed by atoms with E-state index in [-0.39, 0.29) is 12.8 Å². The number of urea groups is 1. The molecule has 22 heavy (non-hydrogen) atoms. The topological polar surface area (TPSA) is 72.5 Å². The molecule has 0 bridgehead atoms. The number of rotatable bonds is 7. The van der Waals surface area contributed by atoms with E-state index in [1.165, 1.54) is 0 Å². The van der Waals surface area contributed by atoms with Crippen molar-refractivity contribution in [2.45, 2.75) is 13.5 Å². The Labute approximate surface area is 129 Å². The number of carbonyl (C=O) groups is 1.